The maximum Gasteiger partial charge on any atom is 0.241 e. The predicted molar refractivity (Wildman–Crippen MR) is 109 cm³/mol. The van der Waals surface area contributed by atoms with Crippen molar-refractivity contribution in [1.82, 2.24) is 9.80 Å². The lowest BCUT2D eigenvalue weighted by atomic mass is 10.1. The van der Waals surface area contributed by atoms with E-state index in [1.54, 1.807) is 6.07 Å². The fourth-order valence-electron chi connectivity index (χ4n) is 3.42. The van der Waals surface area contributed by atoms with Gasteiger partial charge in [-0.2, -0.15) is 0 Å². The van der Waals surface area contributed by atoms with Gasteiger partial charge in [-0.1, -0.05) is 23.8 Å². The molecule has 2 aromatic rings. The summed E-state index contributed by atoms with van der Waals surface area (Å²) < 4.78 is 18.8. The van der Waals surface area contributed by atoms with Crippen LogP contribution in [0.15, 0.2) is 42.5 Å². The van der Waals surface area contributed by atoms with Gasteiger partial charge in [-0.05, 0) is 43.7 Å². The number of ether oxygens (including phenoxy) is 1. The lowest BCUT2D eigenvalue weighted by Gasteiger charge is -2.37. The Balaban J connectivity index is 1.49. The van der Waals surface area contributed by atoms with Crippen molar-refractivity contribution in [2.24, 2.45) is 0 Å². The van der Waals surface area contributed by atoms with Gasteiger partial charge in [0.1, 0.15) is 0 Å². The van der Waals surface area contributed by atoms with Gasteiger partial charge in [0.2, 0.25) is 5.91 Å². The number of carbonyl (C=O) groups is 1. The summed E-state index contributed by atoms with van der Waals surface area (Å²) >= 11 is 0. The van der Waals surface area contributed by atoms with Crippen LogP contribution in [0.3, 0.4) is 0 Å². The Labute approximate surface area is 166 Å². The number of aryl methyl sites for hydroxylation is 1. The molecule has 28 heavy (non-hydrogen) atoms. The van der Waals surface area contributed by atoms with Crippen LogP contribution in [0.1, 0.15) is 18.1 Å². The number of rotatable bonds is 6. The van der Waals surface area contributed by atoms with Crippen molar-refractivity contribution >= 4 is 11.6 Å². The fraction of sp³-hybridized carbons (Fsp3) is 0.409. The van der Waals surface area contributed by atoms with Crippen molar-refractivity contribution < 1.29 is 13.9 Å². The lowest BCUT2D eigenvalue weighted by molar-refractivity contribution is -0.121. The number of hydrogen-bond acceptors (Lipinski definition) is 4. The van der Waals surface area contributed by atoms with Crippen LogP contribution >= 0.6 is 0 Å². The number of anilines is 1. The molecule has 1 heterocycles. The molecule has 1 saturated heterocycles. The number of amides is 1. The molecule has 1 N–H and O–H groups in total. The molecule has 2 aromatic carbocycles. The Kier molecular flexibility index (Phi) is 6.65. The van der Waals surface area contributed by atoms with Crippen LogP contribution in [-0.2, 0) is 11.3 Å². The second-order valence-corrected chi connectivity index (χ2v) is 7.31. The molecule has 1 fully saturated rings. The van der Waals surface area contributed by atoms with Gasteiger partial charge in [0, 0.05) is 38.4 Å². The second-order valence-electron chi connectivity index (χ2n) is 7.31. The minimum atomic E-state index is -0.333. The number of carbonyl (C=O) groups excluding carboxylic acids is 1. The zero-order chi connectivity index (χ0) is 20.1. The Morgan fingerprint density at radius 1 is 1.14 bits per heavy atom. The predicted octanol–water partition coefficient (Wildman–Crippen LogP) is 3.29. The zero-order valence-corrected chi connectivity index (χ0v) is 16.7. The van der Waals surface area contributed by atoms with E-state index in [9.17, 15) is 9.18 Å². The van der Waals surface area contributed by atoms with E-state index in [1.807, 2.05) is 44.2 Å². The van der Waals surface area contributed by atoms with E-state index in [0.29, 0.717) is 6.54 Å². The number of nitrogens with one attached hydrogen (secondary N) is 1. The summed E-state index contributed by atoms with van der Waals surface area (Å²) in [5.74, 6) is -0.0588. The molecule has 1 aliphatic rings. The summed E-state index contributed by atoms with van der Waals surface area (Å²) in [5, 5.41) is 2.99. The fourth-order valence-corrected chi connectivity index (χ4v) is 3.42. The molecule has 1 amide bonds. The normalized spacial score (nSPS) is 16.6. The van der Waals surface area contributed by atoms with E-state index in [1.165, 1.54) is 18.7 Å². The summed E-state index contributed by atoms with van der Waals surface area (Å²) in [6.07, 6.45) is 0. The maximum absolute atomic E-state index is 13.9. The average molecular weight is 385 g/mol. The van der Waals surface area contributed by atoms with E-state index in [4.69, 9.17) is 4.74 Å². The standard InChI is InChI=1S/C22H28FN3O2/c1-16-4-7-19(8-5-16)24-22(27)17(2)26-12-10-25(11-13-26)15-18-6-9-21(28-3)20(23)14-18/h4-9,14,17H,10-13,15H2,1-3H3,(H,24,27). The van der Waals surface area contributed by atoms with Crippen LogP contribution in [0.2, 0.25) is 0 Å². The minimum Gasteiger partial charge on any atom is -0.494 e. The van der Waals surface area contributed by atoms with Crippen LogP contribution in [0.5, 0.6) is 5.75 Å². The lowest BCUT2D eigenvalue weighted by Crippen LogP contribution is -2.52. The SMILES string of the molecule is COc1ccc(CN2CCN(C(C)C(=O)Nc3ccc(C)cc3)CC2)cc1F. The summed E-state index contributed by atoms with van der Waals surface area (Å²) in [7, 11) is 1.47. The average Bonchev–Trinajstić information content (AvgIpc) is 2.70. The van der Waals surface area contributed by atoms with Crippen LogP contribution in [0, 0.1) is 12.7 Å². The van der Waals surface area contributed by atoms with E-state index >= 15 is 0 Å². The van der Waals surface area contributed by atoms with Gasteiger partial charge in [0.15, 0.2) is 11.6 Å². The van der Waals surface area contributed by atoms with E-state index < -0.39 is 0 Å². The maximum atomic E-state index is 13.9. The molecule has 1 aliphatic heterocycles. The molecular formula is C22H28FN3O2. The van der Waals surface area contributed by atoms with Crippen LogP contribution in [-0.4, -0.2) is 55.0 Å². The second kappa shape index (κ2) is 9.17. The number of halogens is 1. The highest BCUT2D eigenvalue weighted by Crippen LogP contribution is 2.19. The number of nitrogens with zero attached hydrogens (tertiary/aromatic N) is 2. The summed E-state index contributed by atoms with van der Waals surface area (Å²) in [4.78, 5) is 17.0. The monoisotopic (exact) mass is 385 g/mol. The molecule has 150 valence electrons. The van der Waals surface area contributed by atoms with Crippen LogP contribution in [0.25, 0.3) is 0 Å². The third kappa shape index (κ3) is 5.09. The van der Waals surface area contributed by atoms with Gasteiger partial charge in [0.05, 0.1) is 13.2 Å². The molecule has 0 bridgehead atoms. The van der Waals surface area contributed by atoms with Crippen molar-refractivity contribution in [3.63, 3.8) is 0 Å². The van der Waals surface area contributed by atoms with Crippen LogP contribution in [0.4, 0.5) is 10.1 Å². The molecule has 0 aliphatic carbocycles. The first kappa shape index (κ1) is 20.3. The number of methoxy groups -OCH3 is 1. The van der Waals surface area contributed by atoms with Crippen molar-refractivity contribution in [1.29, 1.82) is 0 Å². The Hall–Kier alpha value is -2.44. The molecule has 5 nitrogen and oxygen atoms in total. The highest BCUT2D eigenvalue weighted by atomic mass is 19.1. The van der Waals surface area contributed by atoms with E-state index in [-0.39, 0.29) is 23.5 Å². The molecule has 0 radical (unpaired) electrons. The van der Waals surface area contributed by atoms with Crippen molar-refractivity contribution in [3.05, 3.63) is 59.4 Å². The topological polar surface area (TPSA) is 44.8 Å². The first-order chi connectivity index (χ1) is 13.5. The van der Waals surface area contributed by atoms with E-state index in [2.05, 4.69) is 15.1 Å². The first-order valence-corrected chi connectivity index (χ1v) is 9.62. The minimum absolute atomic E-state index is 0.00882. The Morgan fingerprint density at radius 3 is 2.43 bits per heavy atom. The zero-order valence-electron chi connectivity index (χ0n) is 16.7. The van der Waals surface area contributed by atoms with Crippen LogP contribution < -0.4 is 10.1 Å². The summed E-state index contributed by atoms with van der Waals surface area (Å²) in [5.41, 5.74) is 2.92. The molecule has 6 heteroatoms. The number of benzene rings is 2. The quantitative estimate of drug-likeness (QED) is 0.829. The van der Waals surface area contributed by atoms with Gasteiger partial charge < -0.3 is 10.1 Å². The number of piperazine rings is 1. The van der Waals surface area contributed by atoms with Gasteiger partial charge >= 0.3 is 0 Å². The third-order valence-electron chi connectivity index (χ3n) is 5.28. The van der Waals surface area contributed by atoms with Crippen molar-refractivity contribution in [2.45, 2.75) is 26.4 Å². The molecule has 0 saturated carbocycles. The van der Waals surface area contributed by atoms with Gasteiger partial charge in [0.25, 0.3) is 0 Å². The third-order valence-corrected chi connectivity index (χ3v) is 5.28. The molecular weight excluding hydrogens is 357 g/mol. The van der Waals surface area contributed by atoms with Gasteiger partial charge in [-0.3, -0.25) is 14.6 Å². The molecule has 1 atom stereocenters. The molecule has 1 unspecified atom stereocenters. The van der Waals surface area contributed by atoms with Gasteiger partial charge in [-0.25, -0.2) is 4.39 Å². The Morgan fingerprint density at radius 2 is 1.82 bits per heavy atom. The summed E-state index contributed by atoms with van der Waals surface area (Å²) in [6.45, 7) is 7.96. The molecule has 0 spiro atoms. The number of hydrogen-bond donors (Lipinski definition) is 1. The largest absolute Gasteiger partial charge is 0.494 e. The highest BCUT2D eigenvalue weighted by Gasteiger charge is 2.25. The van der Waals surface area contributed by atoms with Gasteiger partial charge in [-0.15, -0.1) is 0 Å². The smallest absolute Gasteiger partial charge is 0.241 e. The molecule has 3 rings (SSSR count). The van der Waals surface area contributed by atoms with Crippen molar-refractivity contribution in [2.75, 3.05) is 38.6 Å². The van der Waals surface area contributed by atoms with E-state index in [0.717, 1.165) is 37.4 Å². The summed E-state index contributed by atoms with van der Waals surface area (Å²) in [6, 6.07) is 12.7. The molecule has 0 aromatic heterocycles. The van der Waals surface area contributed by atoms with Crippen molar-refractivity contribution in [3.8, 4) is 5.75 Å². The highest BCUT2D eigenvalue weighted by molar-refractivity contribution is 5.94. The Bertz CT molecular complexity index is 802. The first-order valence-electron chi connectivity index (χ1n) is 9.62.